The van der Waals surface area contributed by atoms with E-state index in [1.807, 2.05) is 0 Å². The molecular weight excluding hydrogens is 404 g/mol. The minimum absolute atomic E-state index is 0.0331. The first-order chi connectivity index (χ1) is 12.4. The highest BCUT2D eigenvalue weighted by Gasteiger charge is 2.13. The molecule has 0 atom stereocenters. The van der Waals surface area contributed by atoms with Crippen molar-refractivity contribution in [3.05, 3.63) is 80.9 Å². The molecule has 0 aliphatic rings. The molecule has 8 heteroatoms. The monoisotopic (exact) mass is 413 g/mol. The first-order valence-corrected chi connectivity index (χ1v) is 8.49. The maximum Gasteiger partial charge on any atom is 0.291 e. The number of benzene rings is 2. The van der Waals surface area contributed by atoms with Gasteiger partial charge in [0.25, 0.3) is 5.91 Å². The molecule has 0 bridgehead atoms. The third-order valence-corrected chi connectivity index (χ3v) is 4.36. The van der Waals surface area contributed by atoms with E-state index in [9.17, 15) is 9.18 Å². The molecule has 0 spiro atoms. The van der Waals surface area contributed by atoms with Crippen molar-refractivity contribution in [2.75, 3.05) is 5.32 Å². The molecule has 0 saturated heterocycles. The molecule has 0 unspecified atom stereocenters. The van der Waals surface area contributed by atoms with Crippen LogP contribution in [0.2, 0.25) is 15.1 Å². The van der Waals surface area contributed by atoms with Gasteiger partial charge in [-0.2, -0.15) is 0 Å². The second kappa shape index (κ2) is 7.99. The van der Waals surface area contributed by atoms with E-state index in [2.05, 4.69) is 5.32 Å². The van der Waals surface area contributed by atoms with Crippen LogP contribution in [0.3, 0.4) is 0 Å². The Kier molecular flexibility index (Phi) is 5.71. The van der Waals surface area contributed by atoms with Crippen LogP contribution in [-0.2, 0) is 6.61 Å². The summed E-state index contributed by atoms with van der Waals surface area (Å²) in [6.07, 6.45) is 0. The summed E-state index contributed by atoms with van der Waals surface area (Å²) in [4.78, 5) is 12.2. The fourth-order valence-corrected chi connectivity index (χ4v) is 2.61. The quantitative estimate of drug-likeness (QED) is 0.540. The van der Waals surface area contributed by atoms with Gasteiger partial charge in [0, 0.05) is 5.69 Å². The van der Waals surface area contributed by atoms with Gasteiger partial charge >= 0.3 is 0 Å². The van der Waals surface area contributed by atoms with Gasteiger partial charge in [0.05, 0.1) is 15.1 Å². The van der Waals surface area contributed by atoms with E-state index in [1.54, 1.807) is 18.2 Å². The molecule has 2 aromatic carbocycles. The van der Waals surface area contributed by atoms with Crippen molar-refractivity contribution in [2.24, 2.45) is 0 Å². The van der Waals surface area contributed by atoms with E-state index < -0.39 is 11.7 Å². The number of hydrogen-bond donors (Lipinski definition) is 1. The summed E-state index contributed by atoms with van der Waals surface area (Å²) in [7, 11) is 0. The zero-order valence-corrected chi connectivity index (χ0v) is 15.3. The standard InChI is InChI=1S/C18H11Cl3FNO3/c19-13-4-2-11(8-14(13)20)23-18(24)17-6-3-12(26-17)9-25-16-5-1-10(22)7-15(16)21/h1-8H,9H2,(H,23,24). The normalized spacial score (nSPS) is 10.6. The Bertz CT molecular complexity index is 959. The van der Waals surface area contributed by atoms with Gasteiger partial charge in [-0.05, 0) is 48.5 Å². The second-order valence-electron chi connectivity index (χ2n) is 5.21. The van der Waals surface area contributed by atoms with Crippen LogP contribution in [0.5, 0.6) is 5.75 Å². The average Bonchev–Trinajstić information content (AvgIpc) is 3.06. The molecule has 1 amide bonds. The van der Waals surface area contributed by atoms with Crippen LogP contribution in [0.25, 0.3) is 0 Å². The van der Waals surface area contributed by atoms with Gasteiger partial charge < -0.3 is 14.5 Å². The van der Waals surface area contributed by atoms with Gasteiger partial charge in [-0.25, -0.2) is 4.39 Å². The Hall–Kier alpha value is -2.21. The van der Waals surface area contributed by atoms with Gasteiger partial charge in [0.2, 0.25) is 0 Å². The Morgan fingerprint density at radius 3 is 2.54 bits per heavy atom. The zero-order chi connectivity index (χ0) is 18.7. The van der Waals surface area contributed by atoms with E-state index in [1.165, 1.54) is 24.3 Å². The minimum atomic E-state index is -0.457. The number of amides is 1. The lowest BCUT2D eigenvalue weighted by molar-refractivity contribution is 0.0992. The zero-order valence-electron chi connectivity index (χ0n) is 13.1. The number of carbonyl (C=O) groups excluding carboxylic acids is 1. The number of hydrogen-bond acceptors (Lipinski definition) is 3. The molecule has 1 aromatic heterocycles. The molecule has 0 aliphatic carbocycles. The van der Waals surface area contributed by atoms with Gasteiger partial charge in [-0.3, -0.25) is 4.79 Å². The Labute approximate surface area is 163 Å². The lowest BCUT2D eigenvalue weighted by Gasteiger charge is -2.06. The molecule has 4 nitrogen and oxygen atoms in total. The summed E-state index contributed by atoms with van der Waals surface area (Å²) >= 11 is 17.6. The van der Waals surface area contributed by atoms with Gasteiger partial charge in [0.15, 0.2) is 5.76 Å². The topological polar surface area (TPSA) is 51.5 Å². The summed E-state index contributed by atoms with van der Waals surface area (Å²) in [5.74, 6) is -0.0908. The minimum Gasteiger partial charge on any atom is -0.484 e. The van der Waals surface area contributed by atoms with E-state index in [-0.39, 0.29) is 17.4 Å². The van der Waals surface area contributed by atoms with Crippen molar-refractivity contribution in [3.8, 4) is 5.75 Å². The molecule has 0 radical (unpaired) electrons. The third-order valence-electron chi connectivity index (χ3n) is 3.33. The van der Waals surface area contributed by atoms with Crippen LogP contribution in [0, 0.1) is 5.82 Å². The number of anilines is 1. The average molecular weight is 415 g/mol. The van der Waals surface area contributed by atoms with Crippen LogP contribution in [0.1, 0.15) is 16.3 Å². The molecule has 26 heavy (non-hydrogen) atoms. The van der Waals surface area contributed by atoms with Crippen LogP contribution in [-0.4, -0.2) is 5.91 Å². The molecule has 3 aromatic rings. The number of ether oxygens (including phenoxy) is 1. The van der Waals surface area contributed by atoms with Crippen molar-refractivity contribution in [1.29, 1.82) is 0 Å². The van der Waals surface area contributed by atoms with Crippen molar-refractivity contribution >= 4 is 46.4 Å². The smallest absolute Gasteiger partial charge is 0.291 e. The van der Waals surface area contributed by atoms with E-state index in [0.29, 0.717) is 27.2 Å². The third kappa shape index (κ3) is 4.49. The molecule has 0 aliphatic heterocycles. The highest BCUT2D eigenvalue weighted by Crippen LogP contribution is 2.27. The molecule has 1 heterocycles. The summed E-state index contributed by atoms with van der Waals surface area (Å²) < 4.78 is 23.9. The molecular formula is C18H11Cl3FNO3. The SMILES string of the molecule is O=C(Nc1ccc(Cl)c(Cl)c1)c1ccc(COc2ccc(F)cc2Cl)o1. The molecule has 0 fully saturated rings. The van der Waals surface area contributed by atoms with Crippen LogP contribution in [0.4, 0.5) is 10.1 Å². The maximum absolute atomic E-state index is 13.0. The predicted octanol–water partition coefficient (Wildman–Crippen LogP) is 6.21. The van der Waals surface area contributed by atoms with Crippen LogP contribution < -0.4 is 10.1 Å². The van der Waals surface area contributed by atoms with Crippen molar-refractivity contribution in [1.82, 2.24) is 0 Å². The van der Waals surface area contributed by atoms with Gasteiger partial charge in [0.1, 0.15) is 23.9 Å². The van der Waals surface area contributed by atoms with Crippen molar-refractivity contribution < 1.29 is 18.3 Å². The van der Waals surface area contributed by atoms with Gasteiger partial charge in [-0.15, -0.1) is 0 Å². The first-order valence-electron chi connectivity index (χ1n) is 7.35. The lowest BCUT2D eigenvalue weighted by atomic mass is 10.3. The highest BCUT2D eigenvalue weighted by atomic mass is 35.5. The summed E-state index contributed by atoms with van der Waals surface area (Å²) in [6.45, 7) is 0.0331. The van der Waals surface area contributed by atoms with E-state index in [4.69, 9.17) is 44.0 Å². The number of rotatable bonds is 5. The first kappa shape index (κ1) is 18.6. The Morgan fingerprint density at radius 1 is 1.00 bits per heavy atom. The lowest BCUT2D eigenvalue weighted by Crippen LogP contribution is -2.10. The van der Waals surface area contributed by atoms with Crippen molar-refractivity contribution in [2.45, 2.75) is 6.61 Å². The molecule has 0 saturated carbocycles. The fourth-order valence-electron chi connectivity index (χ4n) is 2.09. The Morgan fingerprint density at radius 2 is 1.81 bits per heavy atom. The maximum atomic E-state index is 13.0. The largest absolute Gasteiger partial charge is 0.484 e. The van der Waals surface area contributed by atoms with Crippen molar-refractivity contribution in [3.63, 3.8) is 0 Å². The van der Waals surface area contributed by atoms with Crippen LogP contribution >= 0.6 is 34.8 Å². The highest BCUT2D eigenvalue weighted by molar-refractivity contribution is 6.42. The Balaban J connectivity index is 1.63. The summed E-state index contributed by atoms with van der Waals surface area (Å²) in [5.41, 5.74) is 0.483. The molecule has 3 rings (SSSR count). The molecule has 1 N–H and O–H groups in total. The van der Waals surface area contributed by atoms with Crippen LogP contribution in [0.15, 0.2) is 52.9 Å². The summed E-state index contributed by atoms with van der Waals surface area (Å²) in [6, 6.07) is 11.6. The summed E-state index contributed by atoms with van der Waals surface area (Å²) in [5, 5.41) is 3.51. The van der Waals surface area contributed by atoms with E-state index >= 15 is 0 Å². The number of halogens is 4. The van der Waals surface area contributed by atoms with Gasteiger partial charge in [-0.1, -0.05) is 34.8 Å². The fraction of sp³-hybridized carbons (Fsp3) is 0.0556. The molecule has 134 valence electrons. The second-order valence-corrected chi connectivity index (χ2v) is 6.43. The van der Waals surface area contributed by atoms with E-state index in [0.717, 1.165) is 6.07 Å². The number of carbonyl (C=O) groups is 1. The number of furan rings is 1. The predicted molar refractivity (Wildman–Crippen MR) is 98.9 cm³/mol. The number of nitrogens with one attached hydrogen (secondary N) is 1.